The van der Waals surface area contributed by atoms with E-state index in [9.17, 15) is 14.9 Å². The van der Waals surface area contributed by atoms with Gasteiger partial charge in [0.05, 0.1) is 29.7 Å². The summed E-state index contributed by atoms with van der Waals surface area (Å²) in [6, 6.07) is 30.9. The van der Waals surface area contributed by atoms with Gasteiger partial charge in [0, 0.05) is 43.5 Å². The number of halogens is 1. The normalized spacial score (nSPS) is 14.5. The summed E-state index contributed by atoms with van der Waals surface area (Å²) in [7, 11) is 0. The number of aliphatic imine (C=N–C) groups is 1. The molecule has 1 aliphatic rings. The van der Waals surface area contributed by atoms with Gasteiger partial charge in [0.2, 0.25) is 0 Å². The van der Waals surface area contributed by atoms with Gasteiger partial charge in [0.15, 0.2) is 0 Å². The maximum Gasteiger partial charge on any atom is 0.310 e. The molecule has 1 saturated heterocycles. The predicted molar refractivity (Wildman–Crippen MR) is 171 cm³/mol. The highest BCUT2D eigenvalue weighted by Gasteiger charge is 2.29. The first kappa shape index (κ1) is 29.9. The molecule has 1 fully saturated rings. The summed E-state index contributed by atoms with van der Waals surface area (Å²) >= 11 is 6.17. The molecule has 4 aromatic carbocycles. The Labute approximate surface area is 256 Å². The Morgan fingerprint density at radius 2 is 1.63 bits per heavy atom. The molecule has 0 radical (unpaired) electrons. The molecule has 43 heavy (non-hydrogen) atoms. The van der Waals surface area contributed by atoms with E-state index in [0.717, 1.165) is 24.2 Å². The molecule has 1 heterocycles. The van der Waals surface area contributed by atoms with Gasteiger partial charge in [-0.1, -0.05) is 72.3 Å². The van der Waals surface area contributed by atoms with Crippen molar-refractivity contribution in [2.75, 3.05) is 37.7 Å². The largest absolute Gasteiger partial charge is 0.466 e. The van der Waals surface area contributed by atoms with Crippen molar-refractivity contribution in [2.45, 2.75) is 19.4 Å². The minimum Gasteiger partial charge on any atom is -0.466 e. The first-order chi connectivity index (χ1) is 20.9. The second kappa shape index (κ2) is 14.1. The van der Waals surface area contributed by atoms with Crippen molar-refractivity contribution in [1.82, 2.24) is 4.90 Å². The van der Waals surface area contributed by atoms with E-state index in [1.165, 1.54) is 5.56 Å². The van der Waals surface area contributed by atoms with Crippen LogP contribution < -0.4 is 4.90 Å². The Kier molecular flexibility index (Phi) is 9.81. The number of anilines is 1. The van der Waals surface area contributed by atoms with Crippen molar-refractivity contribution >= 4 is 40.8 Å². The van der Waals surface area contributed by atoms with Gasteiger partial charge >= 0.3 is 5.97 Å². The van der Waals surface area contributed by atoms with Crippen molar-refractivity contribution < 1.29 is 14.5 Å². The minimum absolute atomic E-state index is 0.0551. The number of benzene rings is 4. The zero-order valence-electron chi connectivity index (χ0n) is 23.9. The summed E-state index contributed by atoms with van der Waals surface area (Å²) < 4.78 is 4.99. The summed E-state index contributed by atoms with van der Waals surface area (Å²) in [5.74, 6) is -0.273. The second-order valence-corrected chi connectivity index (χ2v) is 10.7. The standard InChI is InChI=1S/C34H33ClN4O4/c1-2-43-33(40)23-25-8-15-30(16-9-25)36-24-26-10-17-31(32(22-26)39(41)42)37-18-20-38(21-19-37)34(27-6-4-3-5-7-27)28-11-13-29(35)14-12-28/h3-17,22,24,34H,2,18-21,23H2,1H3. The number of nitrogens with zero attached hydrogens (tertiary/aromatic N) is 4. The van der Waals surface area contributed by atoms with E-state index in [-0.39, 0.29) is 29.0 Å². The lowest BCUT2D eigenvalue weighted by Gasteiger charge is -2.40. The quantitative estimate of drug-likeness (QED) is 0.0846. The fourth-order valence-corrected chi connectivity index (χ4v) is 5.50. The van der Waals surface area contributed by atoms with Gasteiger partial charge in [-0.3, -0.25) is 24.8 Å². The fraction of sp³-hybridized carbons (Fsp3) is 0.235. The molecule has 5 rings (SSSR count). The average Bonchev–Trinajstić information content (AvgIpc) is 3.03. The Morgan fingerprint density at radius 3 is 2.28 bits per heavy atom. The maximum atomic E-state index is 12.1. The lowest BCUT2D eigenvalue weighted by atomic mass is 9.96. The molecule has 0 bridgehead atoms. The van der Waals surface area contributed by atoms with E-state index in [1.54, 1.807) is 31.3 Å². The van der Waals surface area contributed by atoms with Crippen LogP contribution in [0.3, 0.4) is 0 Å². The molecule has 0 amide bonds. The third-order valence-electron chi connectivity index (χ3n) is 7.47. The monoisotopic (exact) mass is 596 g/mol. The van der Waals surface area contributed by atoms with Crippen molar-refractivity contribution in [3.05, 3.63) is 134 Å². The number of hydrogen-bond donors (Lipinski definition) is 0. The SMILES string of the molecule is CCOC(=O)Cc1ccc(N=Cc2ccc(N3CCN(C(c4ccccc4)c4ccc(Cl)cc4)CC3)c([N+](=O)[O-])c2)cc1. The van der Waals surface area contributed by atoms with Gasteiger partial charge in [-0.2, -0.15) is 0 Å². The molecule has 1 atom stereocenters. The van der Waals surface area contributed by atoms with E-state index < -0.39 is 0 Å². The van der Waals surface area contributed by atoms with Crippen molar-refractivity contribution in [3.63, 3.8) is 0 Å². The zero-order valence-corrected chi connectivity index (χ0v) is 24.7. The number of nitro benzene ring substituents is 1. The number of carbonyl (C=O) groups excluding carboxylic acids is 1. The summed E-state index contributed by atoms with van der Waals surface area (Å²) in [6.07, 6.45) is 1.82. The third kappa shape index (κ3) is 7.66. The van der Waals surface area contributed by atoms with Crippen molar-refractivity contribution in [2.24, 2.45) is 4.99 Å². The second-order valence-electron chi connectivity index (χ2n) is 10.3. The molecular weight excluding hydrogens is 564 g/mol. The van der Waals surface area contributed by atoms with Crippen LogP contribution in [0.1, 0.15) is 35.2 Å². The van der Waals surface area contributed by atoms with E-state index in [4.69, 9.17) is 16.3 Å². The summed E-state index contributed by atoms with van der Waals surface area (Å²) in [4.78, 5) is 32.5. The lowest BCUT2D eigenvalue weighted by molar-refractivity contribution is -0.384. The lowest BCUT2D eigenvalue weighted by Crippen LogP contribution is -2.48. The highest BCUT2D eigenvalue weighted by Crippen LogP contribution is 2.34. The van der Waals surface area contributed by atoms with Crippen LogP contribution in [0.15, 0.2) is 102 Å². The molecule has 220 valence electrons. The molecular formula is C34H33ClN4O4. The van der Waals surface area contributed by atoms with Crippen LogP contribution in [-0.4, -0.2) is 54.8 Å². The maximum absolute atomic E-state index is 12.1. The Balaban J connectivity index is 1.28. The smallest absolute Gasteiger partial charge is 0.310 e. The van der Waals surface area contributed by atoms with Gasteiger partial charge in [-0.25, -0.2) is 0 Å². The molecule has 9 heteroatoms. The molecule has 0 N–H and O–H groups in total. The van der Waals surface area contributed by atoms with Gasteiger partial charge in [-0.05, 0) is 59.5 Å². The minimum atomic E-state index is -0.330. The first-order valence-corrected chi connectivity index (χ1v) is 14.7. The molecule has 8 nitrogen and oxygen atoms in total. The van der Waals surface area contributed by atoms with Gasteiger partial charge in [0.1, 0.15) is 5.69 Å². The van der Waals surface area contributed by atoms with Crippen LogP contribution in [0.25, 0.3) is 0 Å². The van der Waals surface area contributed by atoms with Gasteiger partial charge < -0.3 is 9.64 Å². The van der Waals surface area contributed by atoms with Crippen LogP contribution in [-0.2, 0) is 16.0 Å². The highest BCUT2D eigenvalue weighted by atomic mass is 35.5. The molecule has 0 aromatic heterocycles. The number of hydrogen-bond acceptors (Lipinski definition) is 7. The number of rotatable bonds is 10. The summed E-state index contributed by atoms with van der Waals surface area (Å²) in [5.41, 5.74) is 5.17. The Morgan fingerprint density at radius 1 is 0.953 bits per heavy atom. The molecule has 0 saturated carbocycles. The Bertz CT molecular complexity index is 1570. The van der Waals surface area contributed by atoms with Gasteiger partial charge in [0.25, 0.3) is 5.69 Å². The topological polar surface area (TPSA) is 88.3 Å². The summed E-state index contributed by atoms with van der Waals surface area (Å²) in [6.45, 7) is 4.93. The molecule has 0 aliphatic carbocycles. The zero-order chi connectivity index (χ0) is 30.2. The van der Waals surface area contributed by atoms with Gasteiger partial charge in [-0.15, -0.1) is 0 Å². The fourth-order valence-electron chi connectivity index (χ4n) is 5.38. The highest BCUT2D eigenvalue weighted by molar-refractivity contribution is 6.30. The molecule has 4 aromatic rings. The summed E-state index contributed by atoms with van der Waals surface area (Å²) in [5, 5.41) is 12.8. The van der Waals surface area contributed by atoms with Crippen molar-refractivity contribution in [1.29, 1.82) is 0 Å². The number of carbonyl (C=O) groups is 1. The van der Waals surface area contributed by atoms with E-state index >= 15 is 0 Å². The molecule has 1 unspecified atom stereocenters. The number of esters is 1. The number of nitro groups is 1. The Hall–Kier alpha value is -4.53. The van der Waals surface area contributed by atoms with E-state index in [2.05, 4.69) is 39.1 Å². The van der Waals surface area contributed by atoms with Crippen LogP contribution in [0.4, 0.5) is 17.1 Å². The molecule has 1 aliphatic heterocycles. The van der Waals surface area contributed by atoms with Crippen molar-refractivity contribution in [3.8, 4) is 0 Å². The van der Waals surface area contributed by atoms with Crippen LogP contribution in [0.2, 0.25) is 5.02 Å². The average molecular weight is 597 g/mol. The number of ether oxygens (including phenoxy) is 1. The van der Waals surface area contributed by atoms with E-state index in [1.807, 2.05) is 54.6 Å². The van der Waals surface area contributed by atoms with Crippen LogP contribution >= 0.6 is 11.6 Å². The van der Waals surface area contributed by atoms with E-state index in [0.29, 0.717) is 41.7 Å². The third-order valence-corrected chi connectivity index (χ3v) is 7.72. The van der Waals surface area contributed by atoms with Crippen LogP contribution in [0, 0.1) is 10.1 Å². The number of piperazine rings is 1. The first-order valence-electron chi connectivity index (χ1n) is 14.3. The molecule has 0 spiro atoms. The van der Waals surface area contributed by atoms with Crippen LogP contribution in [0.5, 0.6) is 0 Å². The predicted octanol–water partition coefficient (Wildman–Crippen LogP) is 7.02.